The van der Waals surface area contributed by atoms with E-state index in [9.17, 15) is 9.59 Å². The van der Waals surface area contributed by atoms with Crippen LogP contribution in [0.25, 0.3) is 6.08 Å². The number of hydrogen-bond acceptors (Lipinski definition) is 5. The van der Waals surface area contributed by atoms with Crippen LogP contribution in [0.15, 0.2) is 23.1 Å². The molecule has 96 valence electrons. The molecule has 0 aromatic heterocycles. The molecule has 1 aliphatic heterocycles. The van der Waals surface area contributed by atoms with Crippen molar-refractivity contribution in [2.24, 2.45) is 0 Å². The molecule has 1 aliphatic rings. The van der Waals surface area contributed by atoms with Crippen molar-refractivity contribution in [2.75, 3.05) is 17.6 Å². The molecule has 1 saturated heterocycles. The Balaban J connectivity index is 2.26. The lowest BCUT2D eigenvalue weighted by Crippen LogP contribution is -2.17. The molecule has 6 heteroatoms. The Morgan fingerprint density at radius 1 is 1.47 bits per heavy atom. The maximum absolute atomic E-state index is 11.4. The third-order valence-electron chi connectivity index (χ3n) is 2.40. The molecule has 0 unspecified atom stereocenters. The number of anilines is 2. The van der Waals surface area contributed by atoms with E-state index >= 15 is 0 Å². The van der Waals surface area contributed by atoms with Crippen molar-refractivity contribution in [1.29, 1.82) is 0 Å². The monoisotopic (exact) mass is 273 g/mol. The second-order valence-electron chi connectivity index (χ2n) is 3.76. The van der Waals surface area contributed by atoms with Crippen molar-refractivity contribution < 1.29 is 9.59 Å². The average Bonchev–Trinajstić information content (AvgIpc) is 2.68. The Morgan fingerprint density at radius 3 is 2.89 bits per heavy atom. The van der Waals surface area contributed by atoms with Gasteiger partial charge < -0.3 is 11.1 Å². The Hall–Kier alpha value is -2.39. The molecule has 19 heavy (non-hydrogen) atoms. The number of amides is 2. The molecule has 0 aliphatic carbocycles. The Labute approximate surface area is 114 Å². The van der Waals surface area contributed by atoms with Crippen LogP contribution in [0.3, 0.4) is 0 Å². The highest BCUT2D eigenvalue weighted by Gasteiger charge is 2.24. The molecule has 2 rings (SSSR count). The number of rotatable bonds is 3. The van der Waals surface area contributed by atoms with E-state index in [1.807, 2.05) is 0 Å². The maximum atomic E-state index is 11.4. The molecule has 0 radical (unpaired) electrons. The quantitative estimate of drug-likeness (QED) is 0.443. The number of imide groups is 1. The normalized spacial score (nSPS) is 16.3. The molecule has 0 saturated carbocycles. The van der Waals surface area contributed by atoms with Crippen molar-refractivity contribution in [3.63, 3.8) is 0 Å². The third kappa shape index (κ3) is 3.09. The van der Waals surface area contributed by atoms with Gasteiger partial charge in [-0.3, -0.25) is 14.9 Å². The number of thioether (sulfide) groups is 1. The Bertz CT molecular complexity index is 617. The molecule has 1 aromatic rings. The largest absolute Gasteiger partial charge is 0.397 e. The first kappa shape index (κ1) is 13.1. The van der Waals surface area contributed by atoms with Gasteiger partial charge in [0.1, 0.15) is 0 Å². The summed E-state index contributed by atoms with van der Waals surface area (Å²) < 4.78 is 0. The van der Waals surface area contributed by atoms with Gasteiger partial charge >= 0.3 is 0 Å². The zero-order valence-electron chi connectivity index (χ0n) is 9.90. The van der Waals surface area contributed by atoms with Gasteiger partial charge in [-0.25, -0.2) is 0 Å². The summed E-state index contributed by atoms with van der Waals surface area (Å²) >= 11 is 0.874. The Kier molecular flexibility index (Phi) is 3.78. The number of hydrogen-bond donors (Lipinski definition) is 3. The van der Waals surface area contributed by atoms with Crippen molar-refractivity contribution in [3.05, 3.63) is 28.7 Å². The van der Waals surface area contributed by atoms with Crippen LogP contribution in [-0.4, -0.2) is 17.7 Å². The molecular weight excluding hydrogens is 262 g/mol. The van der Waals surface area contributed by atoms with Crippen molar-refractivity contribution in [3.8, 4) is 12.3 Å². The number of nitrogens with two attached hydrogens (primary N) is 1. The second kappa shape index (κ2) is 5.50. The van der Waals surface area contributed by atoms with Gasteiger partial charge in [0.2, 0.25) is 0 Å². The summed E-state index contributed by atoms with van der Waals surface area (Å²) in [4.78, 5) is 22.8. The van der Waals surface area contributed by atoms with E-state index in [2.05, 4.69) is 16.6 Å². The smallest absolute Gasteiger partial charge is 0.290 e. The summed E-state index contributed by atoms with van der Waals surface area (Å²) in [5.74, 6) is 2.07. The number of benzene rings is 1. The van der Waals surface area contributed by atoms with E-state index in [0.717, 1.165) is 17.3 Å². The van der Waals surface area contributed by atoms with Crippen molar-refractivity contribution in [2.45, 2.75) is 0 Å². The SMILES string of the molecule is C#CCNc1cc(C=C2SC(=O)NC2=O)ccc1N. The topological polar surface area (TPSA) is 84.2 Å². The van der Waals surface area contributed by atoms with Crippen LogP contribution >= 0.6 is 11.8 Å². The molecule has 1 aromatic carbocycles. The van der Waals surface area contributed by atoms with Crippen molar-refractivity contribution >= 4 is 40.4 Å². The average molecular weight is 273 g/mol. The minimum Gasteiger partial charge on any atom is -0.397 e. The number of carbonyl (C=O) groups is 2. The predicted molar refractivity (Wildman–Crippen MR) is 77.3 cm³/mol. The first-order valence-electron chi connectivity index (χ1n) is 5.42. The summed E-state index contributed by atoms with van der Waals surface area (Å²) in [6.45, 7) is 0.359. The highest BCUT2D eigenvalue weighted by molar-refractivity contribution is 8.18. The maximum Gasteiger partial charge on any atom is 0.290 e. The van der Waals surface area contributed by atoms with Gasteiger partial charge in [0, 0.05) is 0 Å². The van der Waals surface area contributed by atoms with Crippen LogP contribution in [0.5, 0.6) is 0 Å². The molecule has 1 fully saturated rings. The summed E-state index contributed by atoms with van der Waals surface area (Å²) in [7, 11) is 0. The second-order valence-corrected chi connectivity index (χ2v) is 4.77. The summed E-state index contributed by atoms with van der Waals surface area (Å²) in [6.07, 6.45) is 6.80. The molecule has 0 bridgehead atoms. The van der Waals surface area contributed by atoms with Crippen LogP contribution in [0.2, 0.25) is 0 Å². The van der Waals surface area contributed by atoms with Gasteiger partial charge in [0.15, 0.2) is 0 Å². The zero-order chi connectivity index (χ0) is 13.8. The van der Waals surface area contributed by atoms with E-state index in [1.165, 1.54) is 0 Å². The number of nitrogens with one attached hydrogen (secondary N) is 2. The first-order chi connectivity index (χ1) is 9.10. The van der Waals surface area contributed by atoms with Gasteiger partial charge in [0.25, 0.3) is 11.1 Å². The minimum atomic E-state index is -0.384. The minimum absolute atomic E-state index is 0.359. The standard InChI is InChI=1S/C13H11N3O2S/c1-2-5-15-10-6-8(3-4-9(10)14)7-11-12(17)16-13(18)19-11/h1,3-4,6-7,15H,5,14H2,(H,16,17,18). The summed E-state index contributed by atoms with van der Waals surface area (Å²) in [5, 5.41) is 4.82. The highest BCUT2D eigenvalue weighted by Crippen LogP contribution is 2.27. The van der Waals surface area contributed by atoms with Gasteiger partial charge in [-0.15, -0.1) is 6.42 Å². The van der Waals surface area contributed by atoms with E-state index in [4.69, 9.17) is 12.2 Å². The van der Waals surface area contributed by atoms with Gasteiger partial charge in [-0.1, -0.05) is 12.0 Å². The van der Waals surface area contributed by atoms with E-state index in [1.54, 1.807) is 24.3 Å². The molecule has 2 amide bonds. The lowest BCUT2D eigenvalue weighted by Gasteiger charge is -2.07. The van der Waals surface area contributed by atoms with Crippen molar-refractivity contribution in [1.82, 2.24) is 5.32 Å². The van der Waals surface area contributed by atoms with E-state index in [0.29, 0.717) is 22.8 Å². The molecule has 0 spiro atoms. The lowest BCUT2D eigenvalue weighted by molar-refractivity contribution is -0.115. The van der Waals surface area contributed by atoms with Gasteiger partial charge in [-0.05, 0) is 35.5 Å². The van der Waals surface area contributed by atoms with Crippen LogP contribution in [0, 0.1) is 12.3 Å². The molecule has 1 heterocycles. The number of nitrogen functional groups attached to an aromatic ring is 1. The highest BCUT2D eigenvalue weighted by atomic mass is 32.2. The number of carbonyl (C=O) groups excluding carboxylic acids is 2. The fraction of sp³-hybridized carbons (Fsp3) is 0.0769. The predicted octanol–water partition coefficient (Wildman–Crippen LogP) is 1.64. The van der Waals surface area contributed by atoms with Crippen LogP contribution in [0.1, 0.15) is 5.56 Å². The van der Waals surface area contributed by atoms with Crippen LogP contribution in [-0.2, 0) is 4.79 Å². The fourth-order valence-electron chi connectivity index (χ4n) is 1.54. The first-order valence-corrected chi connectivity index (χ1v) is 6.23. The van der Waals surface area contributed by atoms with Crippen LogP contribution < -0.4 is 16.4 Å². The number of terminal acetylenes is 1. The molecule has 5 nitrogen and oxygen atoms in total. The third-order valence-corrected chi connectivity index (χ3v) is 3.21. The lowest BCUT2D eigenvalue weighted by atomic mass is 10.1. The van der Waals surface area contributed by atoms with E-state index in [-0.39, 0.29) is 11.1 Å². The van der Waals surface area contributed by atoms with Gasteiger partial charge in [0.05, 0.1) is 22.8 Å². The summed E-state index contributed by atoms with van der Waals surface area (Å²) in [5.41, 5.74) is 7.83. The van der Waals surface area contributed by atoms with Crippen LogP contribution in [0.4, 0.5) is 16.2 Å². The molecule has 0 atom stereocenters. The summed E-state index contributed by atoms with van der Waals surface area (Å²) in [6, 6.07) is 5.25. The zero-order valence-corrected chi connectivity index (χ0v) is 10.7. The van der Waals surface area contributed by atoms with Gasteiger partial charge in [-0.2, -0.15) is 0 Å². The fourth-order valence-corrected chi connectivity index (χ4v) is 2.22. The van der Waals surface area contributed by atoms with E-state index < -0.39 is 0 Å². The molecule has 4 N–H and O–H groups in total. The Morgan fingerprint density at radius 2 is 2.26 bits per heavy atom. The molecular formula is C13H11N3O2S.